The molecule has 0 amide bonds. The molecule has 96 valence electrons. The van der Waals surface area contributed by atoms with Crippen LogP contribution in [-0.2, 0) is 13.1 Å². The van der Waals surface area contributed by atoms with Crippen LogP contribution in [-0.4, -0.2) is 28.3 Å². The van der Waals surface area contributed by atoms with Crippen LogP contribution in [0.5, 0.6) is 0 Å². The third-order valence-corrected chi connectivity index (χ3v) is 2.73. The molecule has 0 fully saturated rings. The van der Waals surface area contributed by atoms with Gasteiger partial charge in [0.05, 0.1) is 12.3 Å². The summed E-state index contributed by atoms with van der Waals surface area (Å²) in [5, 5.41) is 13.1. The lowest BCUT2D eigenvalue weighted by Gasteiger charge is -2.19. The van der Waals surface area contributed by atoms with Crippen molar-refractivity contribution in [1.82, 2.24) is 10.1 Å². The average Bonchev–Trinajstić information content (AvgIpc) is 2.76. The predicted molar refractivity (Wildman–Crippen MR) is 68.9 cm³/mol. The molecule has 0 aliphatic heterocycles. The van der Waals surface area contributed by atoms with Gasteiger partial charge in [-0.05, 0) is 12.5 Å². The number of aliphatic hydroxyl groups excluding tert-OH is 1. The summed E-state index contributed by atoms with van der Waals surface area (Å²) in [6.45, 7) is 4.13. The van der Waals surface area contributed by atoms with E-state index < -0.39 is 0 Å². The number of aryl methyl sites for hydroxylation is 1. The second-order valence-corrected chi connectivity index (χ2v) is 4.35. The Kier molecular flexibility index (Phi) is 4.50. The van der Waals surface area contributed by atoms with Crippen molar-refractivity contribution in [3.63, 3.8) is 0 Å². The van der Waals surface area contributed by atoms with E-state index in [0.717, 1.165) is 18.0 Å². The lowest BCUT2D eigenvalue weighted by molar-refractivity contribution is 0.181. The van der Waals surface area contributed by atoms with Crippen LogP contribution in [0.3, 0.4) is 0 Å². The van der Waals surface area contributed by atoms with Gasteiger partial charge in [-0.25, -0.2) is 0 Å². The van der Waals surface area contributed by atoms with E-state index >= 15 is 0 Å². The zero-order valence-corrected chi connectivity index (χ0v) is 10.5. The average molecular weight is 246 g/mol. The summed E-state index contributed by atoms with van der Waals surface area (Å²) in [5.41, 5.74) is 2.13. The van der Waals surface area contributed by atoms with E-state index in [1.807, 2.05) is 31.2 Å². The van der Waals surface area contributed by atoms with Crippen molar-refractivity contribution in [2.45, 2.75) is 20.0 Å². The first-order valence-electron chi connectivity index (χ1n) is 6.07. The first-order chi connectivity index (χ1) is 8.78. The maximum atomic E-state index is 9.11. The van der Waals surface area contributed by atoms with E-state index in [9.17, 15) is 0 Å². The Morgan fingerprint density at radius 3 is 2.61 bits per heavy atom. The molecule has 1 aromatic heterocycles. The normalized spacial score (nSPS) is 11.1. The summed E-state index contributed by atoms with van der Waals surface area (Å²) in [6, 6.07) is 12.1. The molecule has 1 heterocycles. The van der Waals surface area contributed by atoms with Crippen LogP contribution in [0.4, 0.5) is 0 Å². The molecule has 0 aliphatic carbocycles. The Morgan fingerprint density at radius 2 is 2.00 bits per heavy atom. The van der Waals surface area contributed by atoms with Crippen LogP contribution in [0.2, 0.25) is 0 Å². The number of benzene rings is 1. The van der Waals surface area contributed by atoms with Gasteiger partial charge in [0, 0.05) is 25.7 Å². The highest BCUT2D eigenvalue weighted by molar-refractivity contribution is 5.14. The molecule has 4 nitrogen and oxygen atoms in total. The van der Waals surface area contributed by atoms with Gasteiger partial charge in [0.1, 0.15) is 5.76 Å². The third kappa shape index (κ3) is 3.68. The van der Waals surface area contributed by atoms with Gasteiger partial charge < -0.3 is 9.63 Å². The molecule has 0 aliphatic rings. The molecule has 0 unspecified atom stereocenters. The van der Waals surface area contributed by atoms with Crippen LogP contribution in [0.25, 0.3) is 0 Å². The summed E-state index contributed by atoms with van der Waals surface area (Å²) >= 11 is 0. The van der Waals surface area contributed by atoms with Crippen molar-refractivity contribution < 1.29 is 9.63 Å². The molecule has 2 rings (SSSR count). The smallest absolute Gasteiger partial charge is 0.133 e. The summed E-state index contributed by atoms with van der Waals surface area (Å²) in [6.07, 6.45) is 0. The number of rotatable bonds is 6. The zero-order valence-electron chi connectivity index (χ0n) is 10.5. The number of hydrogen-bond donors (Lipinski definition) is 1. The summed E-state index contributed by atoms with van der Waals surface area (Å²) in [4.78, 5) is 2.15. The highest BCUT2D eigenvalue weighted by atomic mass is 16.5. The van der Waals surface area contributed by atoms with E-state index in [4.69, 9.17) is 9.63 Å². The van der Waals surface area contributed by atoms with Gasteiger partial charge in [0.2, 0.25) is 0 Å². The molecule has 18 heavy (non-hydrogen) atoms. The quantitative estimate of drug-likeness (QED) is 0.846. The molecule has 0 bridgehead atoms. The van der Waals surface area contributed by atoms with Gasteiger partial charge in [-0.1, -0.05) is 35.5 Å². The second kappa shape index (κ2) is 6.33. The van der Waals surface area contributed by atoms with Gasteiger partial charge in [-0.2, -0.15) is 0 Å². The van der Waals surface area contributed by atoms with E-state index in [1.165, 1.54) is 5.56 Å². The first kappa shape index (κ1) is 12.8. The molecule has 4 heteroatoms. The van der Waals surface area contributed by atoms with Crippen LogP contribution in [0.1, 0.15) is 17.0 Å². The molecule has 2 aromatic rings. The largest absolute Gasteiger partial charge is 0.395 e. The molecular weight excluding hydrogens is 228 g/mol. The first-order valence-corrected chi connectivity index (χ1v) is 6.07. The van der Waals surface area contributed by atoms with Gasteiger partial charge in [0.25, 0.3) is 0 Å². The summed E-state index contributed by atoms with van der Waals surface area (Å²) in [5.74, 6) is 0.814. The monoisotopic (exact) mass is 246 g/mol. The molecule has 0 spiro atoms. The molecular formula is C14H18N2O2. The van der Waals surface area contributed by atoms with Crippen molar-refractivity contribution in [1.29, 1.82) is 0 Å². The lowest BCUT2D eigenvalue weighted by atomic mass is 10.2. The Bertz CT molecular complexity index is 468. The van der Waals surface area contributed by atoms with E-state index in [-0.39, 0.29) is 6.61 Å². The van der Waals surface area contributed by atoms with Gasteiger partial charge in [-0.3, -0.25) is 4.90 Å². The number of aromatic nitrogens is 1. The molecule has 0 radical (unpaired) electrons. The van der Waals surface area contributed by atoms with Gasteiger partial charge in [0.15, 0.2) is 0 Å². The van der Waals surface area contributed by atoms with E-state index in [0.29, 0.717) is 13.1 Å². The van der Waals surface area contributed by atoms with Crippen molar-refractivity contribution in [3.05, 3.63) is 53.4 Å². The summed E-state index contributed by atoms with van der Waals surface area (Å²) in [7, 11) is 0. The minimum absolute atomic E-state index is 0.143. The molecule has 1 aromatic carbocycles. The second-order valence-electron chi connectivity index (χ2n) is 4.35. The van der Waals surface area contributed by atoms with Crippen molar-refractivity contribution in [2.75, 3.05) is 13.2 Å². The van der Waals surface area contributed by atoms with Crippen LogP contribution >= 0.6 is 0 Å². The fourth-order valence-electron chi connectivity index (χ4n) is 1.92. The predicted octanol–water partition coefficient (Wildman–Crippen LogP) is 1.98. The standard InChI is InChI=1S/C14H18N2O2/c1-12-9-14(15-18-12)11-16(7-8-17)10-13-5-3-2-4-6-13/h2-6,9,17H,7-8,10-11H2,1H3. The minimum Gasteiger partial charge on any atom is -0.395 e. The Hall–Kier alpha value is -1.65. The maximum absolute atomic E-state index is 9.11. The lowest BCUT2D eigenvalue weighted by Crippen LogP contribution is -2.26. The SMILES string of the molecule is Cc1cc(CN(CCO)Cc2ccccc2)no1. The van der Waals surface area contributed by atoms with Gasteiger partial charge >= 0.3 is 0 Å². The highest BCUT2D eigenvalue weighted by Crippen LogP contribution is 2.09. The Balaban J connectivity index is 1.99. The molecule has 1 N–H and O–H groups in total. The van der Waals surface area contributed by atoms with Crippen LogP contribution in [0.15, 0.2) is 40.9 Å². The van der Waals surface area contributed by atoms with Crippen LogP contribution in [0, 0.1) is 6.92 Å². The minimum atomic E-state index is 0.143. The number of hydrogen-bond acceptors (Lipinski definition) is 4. The summed E-state index contributed by atoms with van der Waals surface area (Å²) < 4.78 is 5.05. The van der Waals surface area contributed by atoms with Crippen molar-refractivity contribution in [2.24, 2.45) is 0 Å². The van der Waals surface area contributed by atoms with Crippen molar-refractivity contribution >= 4 is 0 Å². The zero-order chi connectivity index (χ0) is 12.8. The van der Waals surface area contributed by atoms with E-state index in [2.05, 4.69) is 22.2 Å². The van der Waals surface area contributed by atoms with Crippen LogP contribution < -0.4 is 0 Å². The fraction of sp³-hybridized carbons (Fsp3) is 0.357. The molecule has 0 atom stereocenters. The third-order valence-electron chi connectivity index (χ3n) is 2.73. The topological polar surface area (TPSA) is 49.5 Å². The van der Waals surface area contributed by atoms with E-state index in [1.54, 1.807) is 0 Å². The van der Waals surface area contributed by atoms with Crippen molar-refractivity contribution in [3.8, 4) is 0 Å². The number of nitrogens with zero attached hydrogens (tertiary/aromatic N) is 2. The molecule has 0 saturated carbocycles. The highest BCUT2D eigenvalue weighted by Gasteiger charge is 2.09. The number of aliphatic hydroxyl groups is 1. The fourth-order valence-corrected chi connectivity index (χ4v) is 1.92. The maximum Gasteiger partial charge on any atom is 0.133 e. The molecule has 0 saturated heterocycles. The Morgan fingerprint density at radius 1 is 1.22 bits per heavy atom. The van der Waals surface area contributed by atoms with Gasteiger partial charge in [-0.15, -0.1) is 0 Å². The Labute approximate surface area is 107 Å².